The van der Waals surface area contributed by atoms with Crippen molar-refractivity contribution >= 4 is 23.8 Å². The molecule has 0 bridgehead atoms. The van der Waals surface area contributed by atoms with Crippen LogP contribution in [0.25, 0.3) is 0 Å². The molecule has 1 fully saturated rings. The molecule has 136 valence electrons. The van der Waals surface area contributed by atoms with Crippen LogP contribution < -0.4 is 16.4 Å². The molecule has 1 rings (SSSR count). The lowest BCUT2D eigenvalue weighted by atomic mass is 10.1. The van der Waals surface area contributed by atoms with Crippen molar-refractivity contribution in [2.45, 2.75) is 51.0 Å². The number of carbonyl (C=O) groups excluding carboxylic acids is 3. The molecule has 1 aliphatic heterocycles. The number of hydrogen-bond donors (Lipinski definition) is 4. The number of carboxylic acid groups (broad SMARTS) is 1. The van der Waals surface area contributed by atoms with Crippen LogP contribution in [0.1, 0.15) is 26.7 Å². The van der Waals surface area contributed by atoms with Crippen molar-refractivity contribution in [2.75, 3.05) is 13.2 Å². The van der Waals surface area contributed by atoms with Gasteiger partial charge in [0.25, 0.3) is 5.91 Å². The average Bonchev–Trinajstić information content (AvgIpc) is 3.31. The maximum Gasteiger partial charge on any atom is 0.338 e. The van der Waals surface area contributed by atoms with Gasteiger partial charge in [0, 0.05) is 6.54 Å². The summed E-state index contributed by atoms with van der Waals surface area (Å²) in [6, 6.07) is -2.14. The first-order valence-corrected chi connectivity index (χ1v) is 7.70. The predicted molar refractivity (Wildman–Crippen MR) is 80.8 cm³/mol. The molecule has 1 heterocycles. The minimum absolute atomic E-state index is 0.165. The van der Waals surface area contributed by atoms with E-state index in [1.165, 1.54) is 0 Å². The van der Waals surface area contributed by atoms with Crippen LogP contribution in [0, 0.1) is 0 Å². The molecule has 1 saturated heterocycles. The summed E-state index contributed by atoms with van der Waals surface area (Å²) in [4.78, 5) is 46.1. The van der Waals surface area contributed by atoms with E-state index in [1.807, 2.05) is 6.92 Å². The van der Waals surface area contributed by atoms with Gasteiger partial charge < -0.3 is 30.9 Å². The number of ether oxygens (including phenoxy) is 2. The summed E-state index contributed by atoms with van der Waals surface area (Å²) in [5.74, 6) is -3.21. The summed E-state index contributed by atoms with van der Waals surface area (Å²) >= 11 is 0. The van der Waals surface area contributed by atoms with E-state index in [9.17, 15) is 19.2 Å². The zero-order chi connectivity index (χ0) is 18.3. The van der Waals surface area contributed by atoms with Crippen molar-refractivity contribution in [3.63, 3.8) is 0 Å². The van der Waals surface area contributed by atoms with E-state index in [2.05, 4.69) is 10.6 Å². The van der Waals surface area contributed by atoms with E-state index < -0.39 is 48.0 Å². The molecule has 0 aliphatic carbocycles. The van der Waals surface area contributed by atoms with Crippen molar-refractivity contribution in [1.82, 2.24) is 10.6 Å². The lowest BCUT2D eigenvalue weighted by Gasteiger charge is -2.17. The molecule has 4 atom stereocenters. The molecule has 24 heavy (non-hydrogen) atoms. The number of hydrogen-bond acceptors (Lipinski definition) is 7. The van der Waals surface area contributed by atoms with Crippen LogP contribution >= 0.6 is 0 Å². The highest BCUT2D eigenvalue weighted by Gasteiger charge is 2.51. The highest BCUT2D eigenvalue weighted by molar-refractivity contribution is 5.93. The second kappa shape index (κ2) is 9.18. The Labute approximate surface area is 139 Å². The van der Waals surface area contributed by atoms with Crippen LogP contribution in [-0.4, -0.2) is 66.3 Å². The van der Waals surface area contributed by atoms with Gasteiger partial charge in [-0.1, -0.05) is 13.3 Å². The molecule has 0 radical (unpaired) electrons. The van der Waals surface area contributed by atoms with Gasteiger partial charge in [0.05, 0.1) is 12.6 Å². The lowest BCUT2D eigenvalue weighted by molar-refractivity contribution is -0.145. The lowest BCUT2D eigenvalue weighted by Crippen LogP contribution is -2.53. The van der Waals surface area contributed by atoms with E-state index >= 15 is 0 Å². The largest absolute Gasteiger partial charge is 0.480 e. The summed E-state index contributed by atoms with van der Waals surface area (Å²) in [5.41, 5.74) is 5.61. The van der Waals surface area contributed by atoms with Crippen molar-refractivity contribution in [2.24, 2.45) is 5.73 Å². The molecule has 0 unspecified atom stereocenters. The van der Waals surface area contributed by atoms with E-state index in [0.717, 1.165) is 0 Å². The Morgan fingerprint density at radius 3 is 2.46 bits per heavy atom. The first kappa shape index (κ1) is 19.8. The van der Waals surface area contributed by atoms with Gasteiger partial charge in [0.1, 0.15) is 6.04 Å². The quantitative estimate of drug-likeness (QED) is 0.264. The Kier molecular flexibility index (Phi) is 7.59. The molecule has 5 N–H and O–H groups in total. The number of epoxide rings is 1. The zero-order valence-corrected chi connectivity index (χ0v) is 13.6. The second-order valence-electron chi connectivity index (χ2n) is 5.27. The van der Waals surface area contributed by atoms with Gasteiger partial charge in [0.15, 0.2) is 12.2 Å². The van der Waals surface area contributed by atoms with E-state index in [1.54, 1.807) is 6.92 Å². The van der Waals surface area contributed by atoms with Crippen LogP contribution in [0.5, 0.6) is 0 Å². The number of amides is 2. The van der Waals surface area contributed by atoms with E-state index in [4.69, 9.17) is 20.3 Å². The third kappa shape index (κ3) is 5.78. The van der Waals surface area contributed by atoms with Gasteiger partial charge in [-0.2, -0.15) is 0 Å². The number of esters is 1. The van der Waals surface area contributed by atoms with Crippen molar-refractivity contribution < 1.29 is 33.8 Å². The third-order valence-corrected chi connectivity index (χ3v) is 3.30. The number of rotatable bonds is 10. The predicted octanol–water partition coefficient (Wildman–Crippen LogP) is -1.87. The van der Waals surface area contributed by atoms with Gasteiger partial charge in [-0.15, -0.1) is 0 Å². The molecule has 0 saturated carbocycles. The van der Waals surface area contributed by atoms with Gasteiger partial charge in [0.2, 0.25) is 5.91 Å². The summed E-state index contributed by atoms with van der Waals surface area (Å²) in [6.45, 7) is 3.28. The van der Waals surface area contributed by atoms with Crippen LogP contribution in [0.4, 0.5) is 0 Å². The number of carbonyl (C=O) groups is 4. The van der Waals surface area contributed by atoms with Crippen LogP contribution in [0.2, 0.25) is 0 Å². The molecular weight excluding hydrogens is 322 g/mol. The van der Waals surface area contributed by atoms with Crippen LogP contribution in [-0.2, 0) is 28.7 Å². The first-order chi connectivity index (χ1) is 11.3. The number of nitrogens with two attached hydrogens (primary N) is 1. The fourth-order valence-corrected chi connectivity index (χ4v) is 1.94. The van der Waals surface area contributed by atoms with Crippen molar-refractivity contribution in [3.8, 4) is 0 Å². The van der Waals surface area contributed by atoms with Crippen molar-refractivity contribution in [3.05, 3.63) is 0 Å². The Morgan fingerprint density at radius 2 is 1.92 bits per heavy atom. The Hall–Kier alpha value is -2.20. The monoisotopic (exact) mass is 345 g/mol. The van der Waals surface area contributed by atoms with Gasteiger partial charge in [-0.25, -0.2) is 9.59 Å². The summed E-state index contributed by atoms with van der Waals surface area (Å²) < 4.78 is 9.60. The first-order valence-electron chi connectivity index (χ1n) is 7.70. The molecule has 1 aliphatic rings. The molecule has 0 aromatic heterocycles. The number of carboxylic acids is 1. The normalized spacial score (nSPS) is 21.3. The number of nitrogens with one attached hydrogen (secondary N) is 2. The average molecular weight is 345 g/mol. The van der Waals surface area contributed by atoms with E-state index in [0.29, 0.717) is 12.8 Å². The molecule has 0 aromatic rings. The van der Waals surface area contributed by atoms with Gasteiger partial charge >= 0.3 is 11.9 Å². The summed E-state index contributed by atoms with van der Waals surface area (Å²) in [6.07, 6.45) is -0.878. The maximum absolute atomic E-state index is 11.8. The van der Waals surface area contributed by atoms with E-state index in [-0.39, 0.29) is 13.2 Å². The molecular formula is C14H23N3O7. The molecule has 0 aromatic carbocycles. The topological polar surface area (TPSA) is 160 Å². The highest BCUT2D eigenvalue weighted by atomic mass is 16.6. The zero-order valence-electron chi connectivity index (χ0n) is 13.6. The minimum atomic E-state index is -1.33. The summed E-state index contributed by atoms with van der Waals surface area (Å²) in [7, 11) is 0. The van der Waals surface area contributed by atoms with Gasteiger partial charge in [-0.05, 0) is 13.3 Å². The molecule has 10 heteroatoms. The summed E-state index contributed by atoms with van der Waals surface area (Å²) in [5, 5.41) is 13.7. The Morgan fingerprint density at radius 1 is 1.25 bits per heavy atom. The van der Waals surface area contributed by atoms with Crippen LogP contribution in [0.15, 0.2) is 0 Å². The number of aliphatic carboxylic acids is 1. The van der Waals surface area contributed by atoms with Crippen molar-refractivity contribution in [1.29, 1.82) is 0 Å². The fourth-order valence-electron chi connectivity index (χ4n) is 1.94. The SMILES string of the molecule is CCC[C@H](N)C(=O)N[C@@H](CNC(=O)[C@H]1O[C@@H]1C(=O)OCC)C(=O)O. The van der Waals surface area contributed by atoms with Gasteiger partial charge in [-0.3, -0.25) is 9.59 Å². The molecule has 2 amide bonds. The third-order valence-electron chi connectivity index (χ3n) is 3.30. The fraction of sp³-hybridized carbons (Fsp3) is 0.714. The smallest absolute Gasteiger partial charge is 0.338 e. The standard InChI is InChI=1S/C14H23N3O7/c1-3-5-7(15)11(18)17-8(13(20)21)6-16-12(19)9-10(24-9)14(22)23-4-2/h7-10H,3-6,15H2,1-2H3,(H,16,19)(H,17,18)(H,20,21)/t7-,8-,9-,10-/m0/s1. The van der Waals surface area contributed by atoms with Crippen LogP contribution in [0.3, 0.4) is 0 Å². The minimum Gasteiger partial charge on any atom is -0.480 e. The Balaban J connectivity index is 2.44. The molecule has 0 spiro atoms. The highest BCUT2D eigenvalue weighted by Crippen LogP contribution is 2.23. The maximum atomic E-state index is 11.8. The molecule has 10 nitrogen and oxygen atoms in total. The second-order valence-corrected chi connectivity index (χ2v) is 5.27. The Bertz CT molecular complexity index is 497.